The molecule has 2 rings (SSSR count). The van der Waals surface area contributed by atoms with Gasteiger partial charge in [0.2, 0.25) is 0 Å². The second-order valence-corrected chi connectivity index (χ2v) is 5.56. The molecule has 1 aliphatic heterocycles. The average Bonchev–Trinajstić information content (AvgIpc) is 2.98. The Hall–Kier alpha value is -0.840. The number of nitrogens with zero attached hydrogens (tertiary/aromatic N) is 1. The Labute approximate surface area is 122 Å². The molecule has 0 atom stereocenters. The summed E-state index contributed by atoms with van der Waals surface area (Å²) in [6.45, 7) is 8.45. The lowest BCUT2D eigenvalue weighted by molar-refractivity contribution is 0.102. The molecule has 4 nitrogen and oxygen atoms in total. The van der Waals surface area contributed by atoms with Gasteiger partial charge in [0.15, 0.2) is 0 Å². The Morgan fingerprint density at radius 1 is 1.40 bits per heavy atom. The van der Waals surface area contributed by atoms with Crippen molar-refractivity contribution < 1.29 is 9.15 Å². The van der Waals surface area contributed by atoms with E-state index in [4.69, 9.17) is 9.15 Å². The van der Waals surface area contributed by atoms with Crippen LogP contribution in [0.25, 0.3) is 0 Å². The lowest BCUT2D eigenvalue weighted by Crippen LogP contribution is -2.43. The number of hydrogen-bond acceptors (Lipinski definition) is 4. The van der Waals surface area contributed by atoms with Gasteiger partial charge in [0.1, 0.15) is 12.4 Å². The molecule has 0 aromatic carbocycles. The minimum atomic E-state index is 0.586. The molecule has 1 aliphatic rings. The second-order valence-electron chi connectivity index (χ2n) is 5.56. The van der Waals surface area contributed by atoms with E-state index in [-0.39, 0.29) is 0 Å². The maximum absolute atomic E-state index is 5.57. The first-order valence-electron chi connectivity index (χ1n) is 7.94. The number of furan rings is 1. The highest BCUT2D eigenvalue weighted by molar-refractivity contribution is 4.95. The summed E-state index contributed by atoms with van der Waals surface area (Å²) in [5, 5.41) is 3.65. The number of rotatable bonds is 9. The third-order valence-electron chi connectivity index (χ3n) is 3.85. The van der Waals surface area contributed by atoms with Crippen LogP contribution in [0.5, 0.6) is 0 Å². The van der Waals surface area contributed by atoms with Crippen LogP contribution in [0.2, 0.25) is 0 Å². The molecule has 0 amide bonds. The van der Waals surface area contributed by atoms with Crippen molar-refractivity contribution in [3.05, 3.63) is 24.2 Å². The van der Waals surface area contributed by atoms with Gasteiger partial charge in [-0.2, -0.15) is 0 Å². The second kappa shape index (κ2) is 9.16. The van der Waals surface area contributed by atoms with Crippen LogP contribution in [0, 0.1) is 0 Å². The van der Waals surface area contributed by atoms with E-state index in [2.05, 4.69) is 17.1 Å². The Bertz CT molecular complexity index is 332. The highest BCUT2D eigenvalue weighted by atomic mass is 16.5. The summed E-state index contributed by atoms with van der Waals surface area (Å²) >= 11 is 0. The predicted octanol–water partition coefficient (Wildman–Crippen LogP) is 2.65. The molecule has 114 valence electrons. The van der Waals surface area contributed by atoms with E-state index in [1.54, 1.807) is 6.26 Å². The Balaban J connectivity index is 1.44. The quantitative estimate of drug-likeness (QED) is 0.706. The molecule has 2 heterocycles. The highest BCUT2D eigenvalue weighted by Crippen LogP contribution is 2.10. The van der Waals surface area contributed by atoms with Gasteiger partial charge >= 0.3 is 0 Å². The smallest absolute Gasteiger partial charge is 0.129 e. The topological polar surface area (TPSA) is 37.6 Å². The van der Waals surface area contributed by atoms with Crippen LogP contribution in [-0.4, -0.2) is 43.7 Å². The number of piperidine rings is 1. The lowest BCUT2D eigenvalue weighted by Gasteiger charge is -2.32. The fraction of sp³-hybridized carbons (Fsp3) is 0.750. The van der Waals surface area contributed by atoms with Crippen LogP contribution in [-0.2, 0) is 11.3 Å². The van der Waals surface area contributed by atoms with E-state index >= 15 is 0 Å². The van der Waals surface area contributed by atoms with E-state index in [9.17, 15) is 0 Å². The molecule has 0 radical (unpaired) electrons. The number of hydrogen-bond donors (Lipinski definition) is 1. The summed E-state index contributed by atoms with van der Waals surface area (Å²) in [6, 6.07) is 4.54. The van der Waals surface area contributed by atoms with E-state index in [0.717, 1.165) is 25.3 Å². The van der Waals surface area contributed by atoms with Crippen LogP contribution in [0.4, 0.5) is 0 Å². The van der Waals surface area contributed by atoms with Crippen LogP contribution >= 0.6 is 0 Å². The zero-order valence-corrected chi connectivity index (χ0v) is 12.6. The molecule has 0 saturated carbocycles. The van der Waals surface area contributed by atoms with Gasteiger partial charge in [-0.25, -0.2) is 0 Å². The molecule has 1 N–H and O–H groups in total. The van der Waals surface area contributed by atoms with Gasteiger partial charge in [0.25, 0.3) is 0 Å². The van der Waals surface area contributed by atoms with Gasteiger partial charge in [0, 0.05) is 12.6 Å². The largest absolute Gasteiger partial charge is 0.467 e. The van der Waals surface area contributed by atoms with Crippen molar-refractivity contribution in [1.29, 1.82) is 0 Å². The van der Waals surface area contributed by atoms with Crippen LogP contribution in [0.15, 0.2) is 22.8 Å². The van der Waals surface area contributed by atoms with Crippen molar-refractivity contribution in [2.45, 2.75) is 45.3 Å². The molecular formula is C16H28N2O2. The molecule has 1 aromatic rings. The normalized spacial score (nSPS) is 17.6. The van der Waals surface area contributed by atoms with Gasteiger partial charge in [-0.3, -0.25) is 0 Å². The van der Waals surface area contributed by atoms with Crippen LogP contribution in [0.3, 0.4) is 0 Å². The van der Waals surface area contributed by atoms with Crippen molar-refractivity contribution in [3.8, 4) is 0 Å². The van der Waals surface area contributed by atoms with Crippen LogP contribution < -0.4 is 5.32 Å². The summed E-state index contributed by atoms with van der Waals surface area (Å²) < 4.78 is 10.8. The minimum absolute atomic E-state index is 0.586. The van der Waals surface area contributed by atoms with Crippen molar-refractivity contribution in [2.75, 3.05) is 32.8 Å². The summed E-state index contributed by atoms with van der Waals surface area (Å²) in [7, 11) is 0. The summed E-state index contributed by atoms with van der Waals surface area (Å²) in [6.07, 6.45) is 6.59. The molecule has 1 fully saturated rings. The summed E-state index contributed by atoms with van der Waals surface area (Å²) in [5.74, 6) is 0.904. The van der Waals surface area contributed by atoms with Crippen molar-refractivity contribution in [3.63, 3.8) is 0 Å². The Morgan fingerprint density at radius 2 is 2.25 bits per heavy atom. The first kappa shape index (κ1) is 15.5. The molecule has 0 bridgehead atoms. The molecule has 0 spiro atoms. The fourth-order valence-electron chi connectivity index (χ4n) is 2.72. The monoisotopic (exact) mass is 280 g/mol. The highest BCUT2D eigenvalue weighted by Gasteiger charge is 2.17. The van der Waals surface area contributed by atoms with Gasteiger partial charge in [-0.1, -0.05) is 6.92 Å². The van der Waals surface area contributed by atoms with Crippen molar-refractivity contribution in [1.82, 2.24) is 10.2 Å². The molecule has 0 aliphatic carbocycles. The van der Waals surface area contributed by atoms with Gasteiger partial charge < -0.3 is 19.4 Å². The Kier molecular flexibility index (Phi) is 7.12. The SMILES string of the molecule is CCCN1CCC(NCCCOCc2ccco2)CC1. The first-order chi connectivity index (χ1) is 9.88. The van der Waals surface area contributed by atoms with Gasteiger partial charge in [0.05, 0.1) is 6.26 Å². The van der Waals surface area contributed by atoms with E-state index < -0.39 is 0 Å². The maximum atomic E-state index is 5.57. The number of nitrogens with one attached hydrogen (secondary N) is 1. The fourth-order valence-corrected chi connectivity index (χ4v) is 2.72. The molecule has 0 unspecified atom stereocenters. The number of likely N-dealkylation sites (tertiary alicyclic amines) is 1. The predicted molar refractivity (Wildman–Crippen MR) is 80.7 cm³/mol. The standard InChI is InChI=1S/C16H28N2O2/c1-2-9-18-10-6-15(7-11-18)17-8-4-12-19-14-16-5-3-13-20-16/h3,5,13,15,17H,2,4,6-12,14H2,1H3. The van der Waals surface area contributed by atoms with Crippen LogP contribution in [0.1, 0.15) is 38.4 Å². The molecule has 4 heteroatoms. The summed E-state index contributed by atoms with van der Waals surface area (Å²) in [5.41, 5.74) is 0. The molecular weight excluding hydrogens is 252 g/mol. The minimum Gasteiger partial charge on any atom is -0.467 e. The molecule has 1 saturated heterocycles. The van der Waals surface area contributed by atoms with Gasteiger partial charge in [-0.15, -0.1) is 0 Å². The van der Waals surface area contributed by atoms with E-state index in [1.165, 1.54) is 38.9 Å². The van der Waals surface area contributed by atoms with Crippen molar-refractivity contribution in [2.24, 2.45) is 0 Å². The third-order valence-corrected chi connectivity index (χ3v) is 3.85. The molecule has 20 heavy (non-hydrogen) atoms. The number of ether oxygens (including phenoxy) is 1. The average molecular weight is 280 g/mol. The van der Waals surface area contributed by atoms with Crippen molar-refractivity contribution >= 4 is 0 Å². The molecule has 1 aromatic heterocycles. The van der Waals surface area contributed by atoms with E-state index in [1.807, 2.05) is 12.1 Å². The third kappa shape index (κ3) is 5.65. The summed E-state index contributed by atoms with van der Waals surface area (Å²) in [4.78, 5) is 2.57. The zero-order chi connectivity index (χ0) is 14.0. The maximum Gasteiger partial charge on any atom is 0.129 e. The first-order valence-corrected chi connectivity index (χ1v) is 7.94. The Morgan fingerprint density at radius 3 is 2.95 bits per heavy atom. The zero-order valence-electron chi connectivity index (χ0n) is 12.6. The van der Waals surface area contributed by atoms with Gasteiger partial charge in [-0.05, 0) is 64.0 Å². The lowest BCUT2D eigenvalue weighted by atomic mass is 10.0. The van der Waals surface area contributed by atoms with E-state index in [0.29, 0.717) is 12.6 Å².